The molecule has 1 unspecified atom stereocenters. The summed E-state index contributed by atoms with van der Waals surface area (Å²) in [5.74, 6) is -5.17. The molecule has 7 nitrogen and oxygen atoms in total. The van der Waals surface area contributed by atoms with Crippen molar-refractivity contribution in [2.75, 3.05) is 32.7 Å². The number of hydrogen-bond donors (Lipinski definition) is 1. The maximum Gasteiger partial charge on any atom is 0.407 e. The third-order valence-electron chi connectivity index (χ3n) is 7.17. The molecule has 2 aliphatic heterocycles. The summed E-state index contributed by atoms with van der Waals surface area (Å²) >= 11 is 6.01. The van der Waals surface area contributed by atoms with E-state index in [-0.39, 0.29) is 43.3 Å². The van der Waals surface area contributed by atoms with Crippen molar-refractivity contribution in [3.8, 4) is 0 Å². The molecule has 1 aromatic carbocycles. The van der Waals surface area contributed by atoms with Crippen LogP contribution < -0.4 is 0 Å². The predicted octanol–water partition coefficient (Wildman–Crippen LogP) is 3.53. The summed E-state index contributed by atoms with van der Waals surface area (Å²) in [7, 11) is 0. The minimum absolute atomic E-state index is 0.0678. The minimum atomic E-state index is -2.89. The van der Waals surface area contributed by atoms with Gasteiger partial charge in [0.1, 0.15) is 5.92 Å². The SMILES string of the molecule is CCN(C(=O)O)[C@@H]1CN(C(=O)C2CCN(C(=O)C3CC3(F)F)CC2)C[C@H]1c1ccc(Cl)cc1. The summed E-state index contributed by atoms with van der Waals surface area (Å²) in [4.78, 5) is 41.9. The zero-order valence-corrected chi connectivity index (χ0v) is 19.2. The molecule has 3 aliphatic rings. The van der Waals surface area contributed by atoms with E-state index in [0.717, 1.165) is 5.56 Å². The van der Waals surface area contributed by atoms with Crippen LogP contribution in [0.2, 0.25) is 5.02 Å². The number of rotatable bonds is 5. The first kappa shape index (κ1) is 23.7. The van der Waals surface area contributed by atoms with E-state index in [1.807, 2.05) is 12.1 Å². The van der Waals surface area contributed by atoms with E-state index in [1.54, 1.807) is 24.0 Å². The van der Waals surface area contributed by atoms with Gasteiger partial charge in [-0.15, -0.1) is 0 Å². The molecule has 33 heavy (non-hydrogen) atoms. The highest BCUT2D eigenvalue weighted by Crippen LogP contribution is 2.49. The first-order valence-electron chi connectivity index (χ1n) is 11.3. The fourth-order valence-electron chi connectivity index (χ4n) is 5.14. The number of nitrogens with zero attached hydrogens (tertiary/aromatic N) is 3. The highest BCUT2D eigenvalue weighted by atomic mass is 35.5. The number of likely N-dealkylation sites (tertiary alicyclic amines) is 2. The van der Waals surface area contributed by atoms with Gasteiger partial charge < -0.3 is 19.8 Å². The number of carbonyl (C=O) groups excluding carboxylic acids is 2. The smallest absolute Gasteiger partial charge is 0.407 e. The predicted molar refractivity (Wildman–Crippen MR) is 117 cm³/mol. The molecule has 10 heteroatoms. The zero-order chi connectivity index (χ0) is 23.9. The van der Waals surface area contributed by atoms with Crippen LogP contribution in [0, 0.1) is 11.8 Å². The molecule has 3 amide bonds. The van der Waals surface area contributed by atoms with E-state index in [4.69, 9.17) is 11.6 Å². The van der Waals surface area contributed by atoms with Gasteiger partial charge in [-0.3, -0.25) is 9.59 Å². The molecule has 2 heterocycles. The van der Waals surface area contributed by atoms with Crippen molar-refractivity contribution in [2.24, 2.45) is 11.8 Å². The molecule has 3 fully saturated rings. The number of halogens is 3. The summed E-state index contributed by atoms with van der Waals surface area (Å²) in [5, 5.41) is 10.3. The Kier molecular flexibility index (Phi) is 6.53. The molecule has 0 aromatic heterocycles. The van der Waals surface area contributed by atoms with E-state index in [2.05, 4.69) is 0 Å². The highest BCUT2D eigenvalue weighted by Gasteiger charge is 2.62. The Morgan fingerprint density at radius 2 is 1.70 bits per heavy atom. The van der Waals surface area contributed by atoms with Crippen molar-refractivity contribution in [1.29, 1.82) is 0 Å². The third-order valence-corrected chi connectivity index (χ3v) is 7.42. The van der Waals surface area contributed by atoms with Crippen molar-refractivity contribution in [2.45, 2.75) is 44.1 Å². The molecule has 2 saturated heterocycles. The molecule has 180 valence electrons. The maximum absolute atomic E-state index is 13.3. The number of carbonyl (C=O) groups is 3. The molecule has 0 radical (unpaired) electrons. The fraction of sp³-hybridized carbons (Fsp3) is 0.609. The van der Waals surface area contributed by atoms with Crippen LogP contribution in [0.25, 0.3) is 0 Å². The van der Waals surface area contributed by atoms with Crippen LogP contribution in [0.3, 0.4) is 0 Å². The molecule has 0 bridgehead atoms. The van der Waals surface area contributed by atoms with Crippen molar-refractivity contribution in [3.05, 3.63) is 34.9 Å². The lowest BCUT2D eigenvalue weighted by atomic mass is 9.93. The van der Waals surface area contributed by atoms with E-state index >= 15 is 0 Å². The first-order chi connectivity index (χ1) is 15.6. The lowest BCUT2D eigenvalue weighted by molar-refractivity contribution is -0.141. The second-order valence-electron chi connectivity index (χ2n) is 9.15. The molecular weight excluding hydrogens is 456 g/mol. The van der Waals surface area contributed by atoms with Gasteiger partial charge in [0.15, 0.2) is 0 Å². The Labute approximate surface area is 196 Å². The van der Waals surface area contributed by atoms with Gasteiger partial charge in [0, 0.05) is 56.0 Å². The lowest BCUT2D eigenvalue weighted by Crippen LogP contribution is -2.46. The second kappa shape index (κ2) is 9.08. The molecule has 1 aliphatic carbocycles. The minimum Gasteiger partial charge on any atom is -0.465 e. The molecule has 1 saturated carbocycles. The van der Waals surface area contributed by atoms with Gasteiger partial charge in [0.05, 0.1) is 6.04 Å². The number of amides is 3. The van der Waals surface area contributed by atoms with Crippen molar-refractivity contribution in [1.82, 2.24) is 14.7 Å². The van der Waals surface area contributed by atoms with Crippen LogP contribution in [-0.4, -0.2) is 82.4 Å². The molecule has 4 rings (SSSR count). The Bertz CT molecular complexity index is 921. The molecule has 1 aromatic rings. The van der Waals surface area contributed by atoms with Crippen LogP contribution in [0.1, 0.15) is 37.7 Å². The fourth-order valence-corrected chi connectivity index (χ4v) is 5.26. The summed E-state index contributed by atoms with van der Waals surface area (Å²) < 4.78 is 26.5. The first-order valence-corrected chi connectivity index (χ1v) is 11.7. The van der Waals surface area contributed by atoms with Crippen LogP contribution in [0.4, 0.5) is 13.6 Å². The van der Waals surface area contributed by atoms with Gasteiger partial charge in [0.25, 0.3) is 5.92 Å². The average Bonchev–Trinajstić information content (AvgIpc) is 3.22. The summed E-state index contributed by atoms with van der Waals surface area (Å²) in [6.07, 6.45) is -0.568. The Morgan fingerprint density at radius 1 is 1.09 bits per heavy atom. The van der Waals surface area contributed by atoms with E-state index in [1.165, 1.54) is 9.80 Å². The van der Waals surface area contributed by atoms with Crippen molar-refractivity contribution < 1.29 is 28.3 Å². The molecule has 1 N–H and O–H groups in total. The molecular formula is C23H28ClF2N3O4. The number of carboxylic acid groups (broad SMARTS) is 1. The topological polar surface area (TPSA) is 81.2 Å². The summed E-state index contributed by atoms with van der Waals surface area (Å²) in [6, 6.07) is 6.86. The number of alkyl halides is 2. The molecule has 0 spiro atoms. The van der Waals surface area contributed by atoms with Gasteiger partial charge in [-0.25, -0.2) is 13.6 Å². The van der Waals surface area contributed by atoms with Gasteiger partial charge in [-0.1, -0.05) is 23.7 Å². The van der Waals surface area contributed by atoms with Crippen LogP contribution in [0.5, 0.6) is 0 Å². The molecule has 3 atom stereocenters. The van der Waals surface area contributed by atoms with E-state index in [9.17, 15) is 28.3 Å². The number of hydrogen-bond acceptors (Lipinski definition) is 3. The number of likely N-dealkylation sites (N-methyl/N-ethyl adjacent to an activating group) is 1. The zero-order valence-electron chi connectivity index (χ0n) is 18.4. The van der Waals surface area contributed by atoms with Gasteiger partial charge in [0.2, 0.25) is 11.8 Å². The van der Waals surface area contributed by atoms with Crippen LogP contribution >= 0.6 is 11.6 Å². The largest absolute Gasteiger partial charge is 0.465 e. The second-order valence-corrected chi connectivity index (χ2v) is 9.59. The monoisotopic (exact) mass is 483 g/mol. The number of benzene rings is 1. The number of piperidine rings is 1. The van der Waals surface area contributed by atoms with Crippen LogP contribution in [-0.2, 0) is 9.59 Å². The lowest BCUT2D eigenvalue weighted by Gasteiger charge is -2.33. The highest BCUT2D eigenvalue weighted by molar-refractivity contribution is 6.30. The van der Waals surface area contributed by atoms with E-state index in [0.29, 0.717) is 37.5 Å². The Hall–Kier alpha value is -2.42. The Balaban J connectivity index is 1.43. The van der Waals surface area contributed by atoms with E-state index < -0.39 is 23.8 Å². The average molecular weight is 484 g/mol. The van der Waals surface area contributed by atoms with Crippen LogP contribution in [0.15, 0.2) is 24.3 Å². The van der Waals surface area contributed by atoms with Crippen molar-refractivity contribution in [3.63, 3.8) is 0 Å². The third kappa shape index (κ3) is 4.78. The quantitative estimate of drug-likeness (QED) is 0.694. The Morgan fingerprint density at radius 3 is 2.21 bits per heavy atom. The van der Waals surface area contributed by atoms with Gasteiger partial charge >= 0.3 is 6.09 Å². The summed E-state index contributed by atoms with van der Waals surface area (Å²) in [6.45, 7) is 3.33. The van der Waals surface area contributed by atoms with Gasteiger partial charge in [-0.05, 0) is 37.5 Å². The maximum atomic E-state index is 13.3. The standard InChI is InChI=1S/C23H28ClF2N3O4/c1-2-29(22(32)33)19-13-28(12-17(19)14-3-5-16(24)6-4-14)20(30)15-7-9-27(10-8-15)21(31)18-11-23(18,25)26/h3-6,15,17-19H,2,7-13H2,1H3,(H,32,33)/t17-,18?,19+/m0/s1. The summed E-state index contributed by atoms with van der Waals surface area (Å²) in [5.41, 5.74) is 0.921. The normalized spacial score (nSPS) is 26.8. The van der Waals surface area contributed by atoms with Gasteiger partial charge in [-0.2, -0.15) is 0 Å². The van der Waals surface area contributed by atoms with Crippen molar-refractivity contribution >= 4 is 29.5 Å².